The number of carbonyl (C=O) groups excluding carboxylic acids is 1. The van der Waals surface area contributed by atoms with Crippen LogP contribution in [0.25, 0.3) is 0 Å². The summed E-state index contributed by atoms with van der Waals surface area (Å²) in [4.78, 5) is 27.1. The molecule has 1 heterocycles. The van der Waals surface area contributed by atoms with Crippen LogP contribution in [0.15, 0.2) is 12.1 Å². The SMILES string of the molecule is CCN(CC)C(=O)C1CCCN(Cc2cc(OC)c(O)c([N+](=O)[O-])c2)C1. The van der Waals surface area contributed by atoms with Crippen molar-refractivity contribution in [2.75, 3.05) is 33.3 Å². The number of phenolic OH excluding ortho intramolecular Hbond substituents is 1. The van der Waals surface area contributed by atoms with Gasteiger partial charge in [-0.05, 0) is 44.9 Å². The van der Waals surface area contributed by atoms with E-state index in [1.807, 2.05) is 18.7 Å². The lowest BCUT2D eigenvalue weighted by molar-refractivity contribution is -0.386. The van der Waals surface area contributed by atoms with Gasteiger partial charge in [0.2, 0.25) is 11.7 Å². The highest BCUT2D eigenvalue weighted by atomic mass is 16.6. The highest BCUT2D eigenvalue weighted by Crippen LogP contribution is 2.37. The zero-order valence-electron chi connectivity index (χ0n) is 15.6. The van der Waals surface area contributed by atoms with Crippen molar-refractivity contribution in [1.82, 2.24) is 9.80 Å². The van der Waals surface area contributed by atoms with Gasteiger partial charge in [-0.2, -0.15) is 0 Å². The van der Waals surface area contributed by atoms with Gasteiger partial charge >= 0.3 is 5.69 Å². The minimum absolute atomic E-state index is 0.0438. The first-order valence-corrected chi connectivity index (χ1v) is 8.96. The number of methoxy groups -OCH3 is 1. The zero-order valence-corrected chi connectivity index (χ0v) is 15.6. The van der Waals surface area contributed by atoms with E-state index < -0.39 is 10.7 Å². The molecule has 26 heavy (non-hydrogen) atoms. The van der Waals surface area contributed by atoms with Crippen molar-refractivity contribution in [3.05, 3.63) is 27.8 Å². The van der Waals surface area contributed by atoms with Gasteiger partial charge in [-0.1, -0.05) is 0 Å². The second-order valence-corrected chi connectivity index (χ2v) is 6.51. The number of rotatable bonds is 7. The molecule has 1 aromatic rings. The molecule has 8 nitrogen and oxygen atoms in total. The molecule has 2 rings (SSSR count). The third-order valence-electron chi connectivity index (χ3n) is 4.87. The first-order chi connectivity index (χ1) is 12.4. The second kappa shape index (κ2) is 8.84. The predicted octanol–water partition coefficient (Wildman–Crippen LogP) is 2.39. The number of carbonyl (C=O) groups is 1. The maximum atomic E-state index is 12.6. The van der Waals surface area contributed by atoms with E-state index in [4.69, 9.17) is 4.74 Å². The Morgan fingerprint density at radius 1 is 1.42 bits per heavy atom. The molecule has 8 heteroatoms. The molecule has 1 fully saturated rings. The van der Waals surface area contributed by atoms with Gasteiger partial charge < -0.3 is 14.7 Å². The Kier molecular flexibility index (Phi) is 6.79. The smallest absolute Gasteiger partial charge is 0.314 e. The van der Waals surface area contributed by atoms with Crippen LogP contribution in [0.1, 0.15) is 32.3 Å². The Hall–Kier alpha value is -2.35. The Labute approximate surface area is 153 Å². The summed E-state index contributed by atoms with van der Waals surface area (Å²) < 4.78 is 5.05. The van der Waals surface area contributed by atoms with Gasteiger partial charge in [0.15, 0.2) is 5.75 Å². The van der Waals surface area contributed by atoms with Gasteiger partial charge in [0.05, 0.1) is 18.0 Å². The van der Waals surface area contributed by atoms with Crippen molar-refractivity contribution < 1.29 is 19.6 Å². The highest BCUT2D eigenvalue weighted by molar-refractivity contribution is 5.79. The number of aromatic hydroxyl groups is 1. The Balaban J connectivity index is 2.14. The molecule has 1 aromatic carbocycles. The molecular formula is C18H27N3O5. The van der Waals surface area contributed by atoms with E-state index in [0.717, 1.165) is 19.4 Å². The molecule has 0 spiro atoms. The normalized spacial score (nSPS) is 17.7. The molecule has 1 aliphatic rings. The topological polar surface area (TPSA) is 96.2 Å². The van der Waals surface area contributed by atoms with Crippen LogP contribution in [0.2, 0.25) is 0 Å². The van der Waals surface area contributed by atoms with Crippen LogP contribution in [0.3, 0.4) is 0 Å². The number of likely N-dealkylation sites (tertiary alicyclic amines) is 1. The number of nitro groups is 1. The molecule has 1 saturated heterocycles. The number of hydrogen-bond acceptors (Lipinski definition) is 6. The maximum Gasteiger partial charge on any atom is 0.314 e. The van der Waals surface area contributed by atoms with E-state index in [2.05, 4.69) is 4.90 Å². The van der Waals surface area contributed by atoms with E-state index in [9.17, 15) is 20.0 Å². The van der Waals surface area contributed by atoms with Gasteiger partial charge in [0, 0.05) is 32.2 Å². The number of ether oxygens (including phenoxy) is 1. The van der Waals surface area contributed by atoms with Crippen LogP contribution in [-0.4, -0.2) is 59.0 Å². The first-order valence-electron chi connectivity index (χ1n) is 8.96. The van der Waals surface area contributed by atoms with Crippen molar-refractivity contribution in [2.45, 2.75) is 33.2 Å². The third kappa shape index (κ3) is 4.43. The van der Waals surface area contributed by atoms with E-state index in [-0.39, 0.29) is 23.3 Å². The van der Waals surface area contributed by atoms with Crippen molar-refractivity contribution in [1.29, 1.82) is 0 Å². The summed E-state index contributed by atoms with van der Waals surface area (Å²) in [5, 5.41) is 21.0. The van der Waals surface area contributed by atoms with Crippen LogP contribution in [0.4, 0.5) is 5.69 Å². The lowest BCUT2D eigenvalue weighted by Crippen LogP contribution is -2.44. The van der Waals surface area contributed by atoms with Gasteiger partial charge in [-0.15, -0.1) is 0 Å². The monoisotopic (exact) mass is 365 g/mol. The maximum absolute atomic E-state index is 12.6. The lowest BCUT2D eigenvalue weighted by Gasteiger charge is -2.34. The van der Waals surface area contributed by atoms with Crippen molar-refractivity contribution in [2.24, 2.45) is 5.92 Å². The third-order valence-corrected chi connectivity index (χ3v) is 4.87. The van der Waals surface area contributed by atoms with E-state index >= 15 is 0 Å². The van der Waals surface area contributed by atoms with Crippen molar-refractivity contribution in [3.63, 3.8) is 0 Å². The number of nitrogens with zero attached hydrogens (tertiary/aromatic N) is 3. The minimum Gasteiger partial charge on any atom is -0.500 e. The molecular weight excluding hydrogens is 338 g/mol. The fraction of sp³-hybridized carbons (Fsp3) is 0.611. The van der Waals surface area contributed by atoms with Crippen LogP contribution in [-0.2, 0) is 11.3 Å². The molecule has 1 amide bonds. The van der Waals surface area contributed by atoms with Gasteiger partial charge in [-0.3, -0.25) is 19.8 Å². The summed E-state index contributed by atoms with van der Waals surface area (Å²) >= 11 is 0. The summed E-state index contributed by atoms with van der Waals surface area (Å²) in [6, 6.07) is 2.98. The van der Waals surface area contributed by atoms with Crippen molar-refractivity contribution in [3.8, 4) is 11.5 Å². The fourth-order valence-corrected chi connectivity index (χ4v) is 3.49. The van der Waals surface area contributed by atoms with E-state index in [1.54, 1.807) is 6.07 Å². The van der Waals surface area contributed by atoms with Crippen LogP contribution in [0, 0.1) is 16.0 Å². The number of benzene rings is 1. The highest BCUT2D eigenvalue weighted by Gasteiger charge is 2.29. The fourth-order valence-electron chi connectivity index (χ4n) is 3.49. The number of piperidine rings is 1. The number of phenols is 1. The number of nitro benzene ring substituents is 1. The molecule has 0 bridgehead atoms. The summed E-state index contributed by atoms with van der Waals surface area (Å²) in [6.07, 6.45) is 1.78. The molecule has 0 aromatic heterocycles. The van der Waals surface area contributed by atoms with Crippen LogP contribution in [0.5, 0.6) is 11.5 Å². The minimum atomic E-state index is -0.621. The molecule has 0 saturated carbocycles. The largest absolute Gasteiger partial charge is 0.500 e. The Morgan fingerprint density at radius 3 is 2.69 bits per heavy atom. The summed E-state index contributed by atoms with van der Waals surface area (Å²) in [5.41, 5.74) is 0.314. The predicted molar refractivity (Wildman–Crippen MR) is 97.2 cm³/mol. The van der Waals surface area contributed by atoms with Crippen molar-refractivity contribution >= 4 is 11.6 Å². The molecule has 144 valence electrons. The summed E-state index contributed by atoms with van der Waals surface area (Å²) in [5.74, 6) is -0.247. The molecule has 0 aliphatic carbocycles. The van der Waals surface area contributed by atoms with Gasteiger partial charge in [0.1, 0.15) is 0 Å². The molecule has 0 radical (unpaired) electrons. The van der Waals surface area contributed by atoms with Gasteiger partial charge in [0.25, 0.3) is 0 Å². The Morgan fingerprint density at radius 2 is 2.12 bits per heavy atom. The number of amides is 1. The average molecular weight is 365 g/mol. The average Bonchev–Trinajstić information content (AvgIpc) is 2.63. The summed E-state index contributed by atoms with van der Waals surface area (Å²) in [7, 11) is 1.36. The second-order valence-electron chi connectivity index (χ2n) is 6.51. The first kappa shape index (κ1) is 20.0. The summed E-state index contributed by atoms with van der Waals surface area (Å²) in [6.45, 7) is 7.29. The van der Waals surface area contributed by atoms with E-state index in [0.29, 0.717) is 31.7 Å². The quantitative estimate of drug-likeness (QED) is 0.589. The standard InChI is InChI=1S/C18H27N3O5/c1-4-20(5-2)18(23)14-7-6-8-19(12-14)11-13-9-15(21(24)25)17(22)16(10-13)26-3/h9-10,14,22H,4-8,11-12H2,1-3H3. The lowest BCUT2D eigenvalue weighted by atomic mass is 9.96. The van der Waals surface area contributed by atoms with Gasteiger partial charge in [-0.25, -0.2) is 0 Å². The molecule has 1 N–H and O–H groups in total. The molecule has 1 aliphatic heterocycles. The van der Waals surface area contributed by atoms with Crippen LogP contribution >= 0.6 is 0 Å². The van der Waals surface area contributed by atoms with E-state index in [1.165, 1.54) is 13.2 Å². The van der Waals surface area contributed by atoms with Crippen LogP contribution < -0.4 is 4.74 Å². The Bertz CT molecular complexity index is 660. The molecule has 1 unspecified atom stereocenters. The zero-order chi connectivity index (χ0) is 19.3. The number of hydrogen-bond donors (Lipinski definition) is 1. The molecule has 1 atom stereocenters.